The molecule has 2 aromatic rings. The van der Waals surface area contributed by atoms with Gasteiger partial charge in [-0.1, -0.05) is 30.7 Å². The van der Waals surface area contributed by atoms with Crippen molar-refractivity contribution < 1.29 is 13.2 Å². The Morgan fingerprint density at radius 2 is 1.62 bits per heavy atom. The van der Waals surface area contributed by atoms with Gasteiger partial charge < -0.3 is 15.1 Å². The number of piperazine rings is 1. The van der Waals surface area contributed by atoms with E-state index in [4.69, 9.17) is 0 Å². The van der Waals surface area contributed by atoms with Gasteiger partial charge in [-0.25, -0.2) is 8.42 Å². The first-order chi connectivity index (χ1) is 15.3. The molecule has 0 bridgehead atoms. The minimum Gasteiger partial charge on any atom is -0.352 e. The van der Waals surface area contributed by atoms with Gasteiger partial charge in [0.05, 0.1) is 4.90 Å². The molecule has 1 aliphatic rings. The molecule has 7 nitrogen and oxygen atoms in total. The molecule has 0 aromatic heterocycles. The van der Waals surface area contributed by atoms with Crippen LogP contribution < -0.4 is 10.0 Å². The van der Waals surface area contributed by atoms with Gasteiger partial charge in [-0.05, 0) is 63.2 Å². The second kappa shape index (κ2) is 10.9. The third kappa shape index (κ3) is 6.54. The molecule has 0 spiro atoms. The Hall–Kier alpha value is -2.42. The van der Waals surface area contributed by atoms with Crippen LogP contribution in [0.25, 0.3) is 0 Å². The highest BCUT2D eigenvalue weighted by Crippen LogP contribution is 2.20. The molecule has 1 amide bonds. The lowest BCUT2D eigenvalue weighted by Crippen LogP contribution is -2.46. The molecule has 1 heterocycles. The predicted molar refractivity (Wildman–Crippen MR) is 129 cm³/mol. The molecule has 1 aliphatic heterocycles. The molecule has 2 N–H and O–H groups in total. The number of hydrogen-bond donors (Lipinski definition) is 2. The molecular formula is C24H34N4O3S. The summed E-state index contributed by atoms with van der Waals surface area (Å²) in [5.74, 6) is -0.245. The van der Waals surface area contributed by atoms with E-state index in [9.17, 15) is 13.2 Å². The lowest BCUT2D eigenvalue weighted by molar-refractivity contribution is 0.0947. The zero-order valence-corrected chi connectivity index (χ0v) is 20.0. The highest BCUT2D eigenvalue weighted by Gasteiger charge is 2.19. The quantitative estimate of drug-likeness (QED) is 0.565. The van der Waals surface area contributed by atoms with Crippen molar-refractivity contribution in [3.8, 4) is 0 Å². The second-order valence-electron chi connectivity index (χ2n) is 8.33. The maximum Gasteiger partial charge on any atom is 0.261 e. The number of sulfonamides is 1. The minimum absolute atomic E-state index is 0.0719. The van der Waals surface area contributed by atoms with Gasteiger partial charge in [0.15, 0.2) is 0 Å². The summed E-state index contributed by atoms with van der Waals surface area (Å²) >= 11 is 0. The zero-order chi connectivity index (χ0) is 23.1. The Balaban J connectivity index is 1.56. The smallest absolute Gasteiger partial charge is 0.261 e. The molecule has 0 unspecified atom stereocenters. The Morgan fingerprint density at radius 1 is 0.969 bits per heavy atom. The summed E-state index contributed by atoms with van der Waals surface area (Å²) in [4.78, 5) is 17.7. The van der Waals surface area contributed by atoms with E-state index in [1.54, 1.807) is 18.2 Å². The average Bonchev–Trinajstić information content (AvgIpc) is 2.78. The van der Waals surface area contributed by atoms with Crippen molar-refractivity contribution in [1.29, 1.82) is 0 Å². The van der Waals surface area contributed by atoms with Crippen molar-refractivity contribution in [2.75, 3.05) is 50.5 Å². The number of likely N-dealkylation sites (N-methyl/N-ethyl adjacent to an activating group) is 1. The van der Waals surface area contributed by atoms with Gasteiger partial charge in [0.1, 0.15) is 0 Å². The van der Waals surface area contributed by atoms with Crippen LogP contribution in [0.3, 0.4) is 0 Å². The van der Waals surface area contributed by atoms with Crippen LogP contribution in [0.5, 0.6) is 0 Å². The number of benzene rings is 2. The number of amides is 1. The summed E-state index contributed by atoms with van der Waals surface area (Å²) in [5, 5.41) is 2.94. The molecule has 8 heteroatoms. The van der Waals surface area contributed by atoms with Gasteiger partial charge in [0.2, 0.25) is 0 Å². The largest absolute Gasteiger partial charge is 0.352 e. The molecule has 3 rings (SSSR count). The van der Waals surface area contributed by atoms with Gasteiger partial charge in [0, 0.05) is 44.0 Å². The summed E-state index contributed by atoms with van der Waals surface area (Å²) in [6.45, 7) is 12.9. The number of hydrogen-bond acceptors (Lipinski definition) is 5. The fraction of sp³-hybridized carbons (Fsp3) is 0.458. The SMILES string of the molecule is CCN1CCN(CCCNC(=O)c2cc(S(=O)(=O)Nc3ccc(C)cc3)ccc2C)CC1. The van der Waals surface area contributed by atoms with E-state index < -0.39 is 10.0 Å². The minimum atomic E-state index is -3.79. The molecule has 0 aliphatic carbocycles. The van der Waals surface area contributed by atoms with Gasteiger partial charge in [-0.2, -0.15) is 0 Å². The van der Waals surface area contributed by atoms with Crippen molar-refractivity contribution in [3.05, 3.63) is 59.2 Å². The van der Waals surface area contributed by atoms with Gasteiger partial charge in [-0.3, -0.25) is 9.52 Å². The Kier molecular flexibility index (Phi) is 8.28. The van der Waals surface area contributed by atoms with Crippen LogP contribution in [0.15, 0.2) is 47.4 Å². The Bertz CT molecular complexity index is 1010. The first-order valence-corrected chi connectivity index (χ1v) is 12.7. The number of aryl methyl sites for hydroxylation is 2. The van der Waals surface area contributed by atoms with E-state index >= 15 is 0 Å². The van der Waals surface area contributed by atoms with Gasteiger partial charge in [0.25, 0.3) is 15.9 Å². The molecular weight excluding hydrogens is 424 g/mol. The van der Waals surface area contributed by atoms with Crippen molar-refractivity contribution in [3.63, 3.8) is 0 Å². The van der Waals surface area contributed by atoms with Crippen LogP contribution >= 0.6 is 0 Å². The van der Waals surface area contributed by atoms with Gasteiger partial charge >= 0.3 is 0 Å². The fourth-order valence-corrected chi connectivity index (χ4v) is 4.86. The van der Waals surface area contributed by atoms with Crippen molar-refractivity contribution >= 4 is 21.6 Å². The van der Waals surface area contributed by atoms with Gasteiger partial charge in [-0.15, -0.1) is 0 Å². The molecule has 0 saturated carbocycles. The number of carbonyl (C=O) groups excluding carboxylic acids is 1. The standard InChI is InChI=1S/C24H34N4O3S/c1-4-27-14-16-28(17-15-27)13-5-12-25-24(29)23-18-22(11-8-20(23)3)32(30,31)26-21-9-6-19(2)7-10-21/h6-11,18,26H,4-5,12-17H2,1-3H3,(H,25,29). The van der Waals surface area contributed by atoms with Crippen LogP contribution in [-0.2, 0) is 10.0 Å². The number of carbonyl (C=O) groups is 1. The molecule has 32 heavy (non-hydrogen) atoms. The zero-order valence-electron chi connectivity index (χ0n) is 19.2. The second-order valence-corrected chi connectivity index (χ2v) is 10.0. The lowest BCUT2D eigenvalue weighted by Gasteiger charge is -2.33. The normalized spacial score (nSPS) is 15.5. The topological polar surface area (TPSA) is 81.8 Å². The van der Waals surface area contributed by atoms with Crippen LogP contribution in [0.1, 0.15) is 34.8 Å². The molecule has 1 saturated heterocycles. The van der Waals surface area contributed by atoms with E-state index in [1.165, 1.54) is 12.1 Å². The van der Waals surface area contributed by atoms with Crippen LogP contribution in [0, 0.1) is 13.8 Å². The van der Waals surface area contributed by atoms with E-state index in [0.717, 1.165) is 56.8 Å². The van der Waals surface area contributed by atoms with Crippen molar-refractivity contribution in [2.24, 2.45) is 0 Å². The summed E-state index contributed by atoms with van der Waals surface area (Å²) in [6, 6.07) is 11.8. The highest BCUT2D eigenvalue weighted by molar-refractivity contribution is 7.92. The molecule has 174 valence electrons. The monoisotopic (exact) mass is 458 g/mol. The van der Waals surface area contributed by atoms with E-state index in [1.807, 2.05) is 26.0 Å². The molecule has 0 atom stereocenters. The number of rotatable bonds is 9. The molecule has 0 radical (unpaired) electrons. The van der Waals surface area contributed by atoms with Crippen LogP contribution in [0.4, 0.5) is 5.69 Å². The average molecular weight is 459 g/mol. The van der Waals surface area contributed by atoms with Crippen LogP contribution in [-0.4, -0.2) is 69.9 Å². The lowest BCUT2D eigenvalue weighted by atomic mass is 10.1. The fourth-order valence-electron chi connectivity index (χ4n) is 3.78. The summed E-state index contributed by atoms with van der Waals surface area (Å²) < 4.78 is 28.2. The highest BCUT2D eigenvalue weighted by atomic mass is 32.2. The summed E-state index contributed by atoms with van der Waals surface area (Å²) in [6.07, 6.45) is 0.865. The third-order valence-corrected chi connectivity index (χ3v) is 7.30. The number of anilines is 1. The van der Waals surface area contributed by atoms with Crippen molar-refractivity contribution in [2.45, 2.75) is 32.1 Å². The Morgan fingerprint density at radius 3 is 2.28 bits per heavy atom. The van der Waals surface area contributed by atoms with E-state index in [-0.39, 0.29) is 10.8 Å². The van der Waals surface area contributed by atoms with Crippen LogP contribution in [0.2, 0.25) is 0 Å². The molecule has 2 aromatic carbocycles. The summed E-state index contributed by atoms with van der Waals surface area (Å²) in [7, 11) is -3.79. The first kappa shape index (κ1) is 24.2. The maximum atomic E-state index is 12.8. The predicted octanol–water partition coefficient (Wildman–Crippen LogP) is 2.86. The van der Waals surface area contributed by atoms with Crippen molar-refractivity contribution in [1.82, 2.24) is 15.1 Å². The number of nitrogens with zero attached hydrogens (tertiary/aromatic N) is 2. The maximum absolute atomic E-state index is 12.8. The summed E-state index contributed by atoms with van der Waals surface area (Å²) in [5.41, 5.74) is 2.66. The van der Waals surface area contributed by atoms with E-state index in [2.05, 4.69) is 26.8 Å². The molecule has 1 fully saturated rings. The third-order valence-electron chi connectivity index (χ3n) is 5.92. The van der Waals surface area contributed by atoms with E-state index in [0.29, 0.717) is 17.8 Å². The number of nitrogens with one attached hydrogen (secondary N) is 2. The Labute approximate surface area is 191 Å². The first-order valence-electron chi connectivity index (χ1n) is 11.2.